The van der Waals surface area contributed by atoms with Crippen molar-refractivity contribution in [3.63, 3.8) is 0 Å². The first kappa shape index (κ1) is 9.88. The van der Waals surface area contributed by atoms with Crippen LogP contribution in [-0.4, -0.2) is 16.7 Å². The maximum atomic E-state index is 3.81. The van der Waals surface area contributed by atoms with E-state index in [1.807, 2.05) is 32.9 Å². The summed E-state index contributed by atoms with van der Waals surface area (Å²) in [5.74, 6) is 0.833. The van der Waals surface area contributed by atoms with Crippen LogP contribution in [0.4, 0.5) is 5.82 Å². The van der Waals surface area contributed by atoms with Crippen LogP contribution in [0.2, 0.25) is 0 Å². The van der Waals surface area contributed by atoms with Gasteiger partial charge in [-0.25, -0.2) is 0 Å². The summed E-state index contributed by atoms with van der Waals surface area (Å²) in [6.45, 7) is 6.91. The molecule has 3 nitrogen and oxygen atoms in total. The van der Waals surface area contributed by atoms with Gasteiger partial charge in [0, 0.05) is 12.7 Å². The molecule has 0 aliphatic carbocycles. The van der Waals surface area contributed by atoms with Gasteiger partial charge in [0.1, 0.15) is 5.82 Å². The summed E-state index contributed by atoms with van der Waals surface area (Å²) in [6, 6.07) is 3.74. The van der Waals surface area contributed by atoms with Crippen molar-refractivity contribution in [1.82, 2.24) is 10.2 Å². The number of hydrogen-bond acceptors (Lipinski definition) is 3. The molecule has 0 fully saturated rings. The highest BCUT2D eigenvalue weighted by Gasteiger charge is 1.84. The van der Waals surface area contributed by atoms with Crippen molar-refractivity contribution < 1.29 is 0 Å². The van der Waals surface area contributed by atoms with E-state index in [0.717, 1.165) is 12.4 Å². The van der Waals surface area contributed by atoms with Crippen molar-refractivity contribution >= 4 is 5.82 Å². The summed E-state index contributed by atoms with van der Waals surface area (Å²) in [5, 5.41) is 10.5. The van der Waals surface area contributed by atoms with E-state index in [1.165, 1.54) is 0 Å². The number of nitrogens with zero attached hydrogens (tertiary/aromatic N) is 2. The fourth-order valence-corrected chi connectivity index (χ4v) is 0.577. The summed E-state index contributed by atoms with van der Waals surface area (Å²) in [4.78, 5) is 0. The summed E-state index contributed by atoms with van der Waals surface area (Å²) in [6.07, 6.45) is 1.65. The fraction of sp³-hybridized carbons (Fsp3) is 0.500. The summed E-state index contributed by atoms with van der Waals surface area (Å²) >= 11 is 0. The lowest BCUT2D eigenvalue weighted by atomic mass is 10.5. The minimum atomic E-state index is 0.833. The Morgan fingerprint density at radius 1 is 1.45 bits per heavy atom. The highest BCUT2D eigenvalue weighted by Crippen LogP contribution is 1.94. The van der Waals surface area contributed by atoms with Crippen molar-refractivity contribution in [3.05, 3.63) is 18.3 Å². The second-order valence-corrected chi connectivity index (χ2v) is 1.64. The zero-order chi connectivity index (χ0) is 8.53. The molecule has 0 amide bonds. The van der Waals surface area contributed by atoms with E-state index in [4.69, 9.17) is 0 Å². The Balaban J connectivity index is 0.000000461. The first-order valence-electron chi connectivity index (χ1n) is 3.95. The normalized spacial score (nSPS) is 7.91. The van der Waals surface area contributed by atoms with Gasteiger partial charge in [0.2, 0.25) is 0 Å². The first-order valence-corrected chi connectivity index (χ1v) is 3.95. The minimum Gasteiger partial charge on any atom is -0.369 e. The van der Waals surface area contributed by atoms with E-state index in [1.54, 1.807) is 6.20 Å². The van der Waals surface area contributed by atoms with Gasteiger partial charge in [0.05, 0.1) is 0 Å². The Bertz CT molecular complexity index is 162. The third kappa shape index (κ3) is 4.31. The summed E-state index contributed by atoms with van der Waals surface area (Å²) in [5.41, 5.74) is 0. The van der Waals surface area contributed by atoms with Crippen molar-refractivity contribution in [3.8, 4) is 0 Å². The van der Waals surface area contributed by atoms with Crippen molar-refractivity contribution in [2.75, 3.05) is 11.9 Å². The van der Waals surface area contributed by atoms with Gasteiger partial charge in [-0.1, -0.05) is 13.8 Å². The molecule has 1 aromatic heterocycles. The molecule has 0 saturated carbocycles. The molecule has 0 saturated heterocycles. The number of rotatable bonds is 2. The lowest BCUT2D eigenvalue weighted by molar-refractivity contribution is 1.01. The lowest BCUT2D eigenvalue weighted by Gasteiger charge is -1.96. The molecular formula is C8H15N3. The van der Waals surface area contributed by atoms with E-state index >= 15 is 0 Å². The van der Waals surface area contributed by atoms with Crippen LogP contribution in [0.1, 0.15) is 20.8 Å². The van der Waals surface area contributed by atoms with E-state index in [9.17, 15) is 0 Å². The molecule has 0 aromatic carbocycles. The van der Waals surface area contributed by atoms with Crippen LogP contribution in [0.25, 0.3) is 0 Å². The van der Waals surface area contributed by atoms with Gasteiger partial charge in [-0.15, -0.1) is 5.10 Å². The molecule has 1 N–H and O–H groups in total. The maximum absolute atomic E-state index is 3.81. The molecule has 62 valence electrons. The monoisotopic (exact) mass is 153 g/mol. The molecule has 0 bridgehead atoms. The van der Waals surface area contributed by atoms with E-state index in [2.05, 4.69) is 15.5 Å². The molecule has 11 heavy (non-hydrogen) atoms. The van der Waals surface area contributed by atoms with E-state index in [-0.39, 0.29) is 0 Å². The summed E-state index contributed by atoms with van der Waals surface area (Å²) < 4.78 is 0. The molecule has 0 aliphatic heterocycles. The standard InChI is InChI=1S/C6H9N3.C2H6/c1-2-7-6-4-3-5-8-9-6;1-2/h3-5H,2H2,1H3,(H,7,9);1-2H3. The highest BCUT2D eigenvalue weighted by atomic mass is 15.2. The molecular weight excluding hydrogens is 138 g/mol. The van der Waals surface area contributed by atoms with Gasteiger partial charge < -0.3 is 5.32 Å². The zero-order valence-electron chi connectivity index (χ0n) is 7.33. The molecule has 1 aromatic rings. The molecule has 0 spiro atoms. The van der Waals surface area contributed by atoms with Gasteiger partial charge in [-0.3, -0.25) is 0 Å². The van der Waals surface area contributed by atoms with Crippen LogP contribution < -0.4 is 5.32 Å². The largest absolute Gasteiger partial charge is 0.369 e. The van der Waals surface area contributed by atoms with Crippen LogP contribution in [-0.2, 0) is 0 Å². The molecule has 1 heterocycles. The smallest absolute Gasteiger partial charge is 0.148 e. The van der Waals surface area contributed by atoms with Gasteiger partial charge in [-0.2, -0.15) is 5.10 Å². The van der Waals surface area contributed by atoms with Crippen LogP contribution in [0, 0.1) is 0 Å². The second-order valence-electron chi connectivity index (χ2n) is 1.64. The fourth-order valence-electron chi connectivity index (χ4n) is 0.577. The average molecular weight is 153 g/mol. The molecule has 3 heteroatoms. The lowest BCUT2D eigenvalue weighted by Crippen LogP contribution is -1.98. The quantitative estimate of drug-likeness (QED) is 0.705. The Kier molecular flexibility index (Phi) is 6.28. The van der Waals surface area contributed by atoms with Crippen molar-refractivity contribution in [2.24, 2.45) is 0 Å². The molecule has 0 aliphatic rings. The van der Waals surface area contributed by atoms with Crippen LogP contribution in [0.3, 0.4) is 0 Å². The maximum Gasteiger partial charge on any atom is 0.148 e. The molecule has 1 rings (SSSR count). The van der Waals surface area contributed by atoms with Crippen LogP contribution >= 0.6 is 0 Å². The third-order valence-electron chi connectivity index (χ3n) is 0.930. The summed E-state index contributed by atoms with van der Waals surface area (Å²) in [7, 11) is 0. The van der Waals surface area contributed by atoms with Crippen molar-refractivity contribution in [1.29, 1.82) is 0 Å². The first-order chi connectivity index (χ1) is 5.43. The van der Waals surface area contributed by atoms with Gasteiger partial charge in [-0.05, 0) is 19.1 Å². The Hall–Kier alpha value is -1.12. The number of nitrogens with one attached hydrogen (secondary N) is 1. The average Bonchev–Trinajstić information content (AvgIpc) is 2.11. The third-order valence-corrected chi connectivity index (χ3v) is 0.930. The topological polar surface area (TPSA) is 37.8 Å². The Morgan fingerprint density at radius 3 is 2.64 bits per heavy atom. The van der Waals surface area contributed by atoms with Gasteiger partial charge in [0.15, 0.2) is 0 Å². The minimum absolute atomic E-state index is 0.833. The number of aromatic nitrogens is 2. The van der Waals surface area contributed by atoms with Crippen LogP contribution in [0.15, 0.2) is 18.3 Å². The van der Waals surface area contributed by atoms with Crippen molar-refractivity contribution in [2.45, 2.75) is 20.8 Å². The highest BCUT2D eigenvalue weighted by molar-refractivity contribution is 5.30. The number of anilines is 1. The second kappa shape index (κ2) is 6.99. The van der Waals surface area contributed by atoms with Gasteiger partial charge in [0.25, 0.3) is 0 Å². The van der Waals surface area contributed by atoms with E-state index in [0.29, 0.717) is 0 Å². The molecule has 0 atom stereocenters. The van der Waals surface area contributed by atoms with Crippen LogP contribution in [0.5, 0.6) is 0 Å². The SMILES string of the molecule is CC.CCNc1cccnn1. The number of hydrogen-bond donors (Lipinski definition) is 1. The predicted octanol–water partition coefficient (Wildman–Crippen LogP) is 1.93. The molecule has 0 radical (unpaired) electrons. The van der Waals surface area contributed by atoms with Gasteiger partial charge >= 0.3 is 0 Å². The predicted molar refractivity (Wildman–Crippen MR) is 47.5 cm³/mol. The van der Waals surface area contributed by atoms with E-state index < -0.39 is 0 Å². The molecule has 0 unspecified atom stereocenters. The zero-order valence-corrected chi connectivity index (χ0v) is 7.33. The Morgan fingerprint density at radius 2 is 2.18 bits per heavy atom. The Labute approximate surface area is 67.9 Å².